The Morgan fingerprint density at radius 2 is 1.94 bits per heavy atom. The summed E-state index contributed by atoms with van der Waals surface area (Å²) in [4.78, 5) is 23.3. The van der Waals surface area contributed by atoms with Crippen molar-refractivity contribution in [1.82, 2.24) is 5.32 Å². The van der Waals surface area contributed by atoms with Gasteiger partial charge >= 0.3 is 5.97 Å². The first-order valence-corrected chi connectivity index (χ1v) is 5.67. The lowest BCUT2D eigenvalue weighted by Crippen LogP contribution is -2.28. The van der Waals surface area contributed by atoms with Crippen LogP contribution in [0.1, 0.15) is 11.5 Å². The molecule has 1 aliphatic heterocycles. The van der Waals surface area contributed by atoms with Crippen LogP contribution in [0.3, 0.4) is 0 Å². The van der Waals surface area contributed by atoms with E-state index in [1.165, 1.54) is 7.11 Å². The van der Waals surface area contributed by atoms with Crippen molar-refractivity contribution in [2.24, 2.45) is 5.92 Å². The van der Waals surface area contributed by atoms with Crippen molar-refractivity contribution in [1.29, 1.82) is 0 Å². The van der Waals surface area contributed by atoms with Crippen LogP contribution in [-0.2, 0) is 14.3 Å². The molecule has 0 saturated carbocycles. The van der Waals surface area contributed by atoms with Gasteiger partial charge in [-0.1, -0.05) is 12.1 Å². The molecule has 96 valence electrons. The predicted molar refractivity (Wildman–Crippen MR) is 64.3 cm³/mol. The Hall–Kier alpha value is -2.04. The molecule has 2 rings (SSSR count). The van der Waals surface area contributed by atoms with Crippen LogP contribution in [0.15, 0.2) is 24.3 Å². The maximum absolute atomic E-state index is 11.6. The van der Waals surface area contributed by atoms with Crippen LogP contribution < -0.4 is 10.1 Å². The molecule has 0 bridgehead atoms. The Labute approximate surface area is 105 Å². The summed E-state index contributed by atoms with van der Waals surface area (Å²) in [6, 6.07) is 7.35. The van der Waals surface area contributed by atoms with E-state index in [2.05, 4.69) is 10.1 Å². The van der Waals surface area contributed by atoms with Crippen molar-refractivity contribution in [3.05, 3.63) is 29.8 Å². The van der Waals surface area contributed by atoms with Gasteiger partial charge in [-0.25, -0.2) is 0 Å². The summed E-state index contributed by atoms with van der Waals surface area (Å²) in [7, 11) is 2.88. The minimum Gasteiger partial charge on any atom is -0.497 e. The maximum Gasteiger partial charge on any atom is 0.318 e. The summed E-state index contributed by atoms with van der Waals surface area (Å²) in [5.74, 6) is -0.974. The predicted octanol–water partition coefficient (Wildman–Crippen LogP) is 0.698. The van der Waals surface area contributed by atoms with Crippen LogP contribution in [0.5, 0.6) is 5.75 Å². The number of esters is 1. The molecule has 1 aliphatic rings. The Bertz CT molecular complexity index is 455. The second kappa shape index (κ2) is 5.08. The molecule has 1 heterocycles. The molecule has 0 radical (unpaired) electrons. The molecule has 1 N–H and O–H groups in total. The smallest absolute Gasteiger partial charge is 0.318 e. The lowest BCUT2D eigenvalue weighted by Gasteiger charge is -2.15. The van der Waals surface area contributed by atoms with E-state index >= 15 is 0 Å². The third-order valence-electron chi connectivity index (χ3n) is 3.18. The standard InChI is InChI=1S/C13H15NO4/c1-17-9-5-3-8(4-6-9)10-7-14-12(15)11(10)13(16)18-2/h3-6,10-11H,7H2,1-2H3,(H,14,15)/t10-,11+/m0/s1. The molecular weight excluding hydrogens is 234 g/mol. The third kappa shape index (κ3) is 2.16. The number of nitrogens with one attached hydrogen (secondary N) is 1. The van der Waals surface area contributed by atoms with Crippen LogP contribution in [0, 0.1) is 5.92 Å². The van der Waals surface area contributed by atoms with E-state index in [-0.39, 0.29) is 11.8 Å². The van der Waals surface area contributed by atoms with Crippen molar-refractivity contribution in [3.8, 4) is 5.75 Å². The lowest BCUT2D eigenvalue weighted by atomic mass is 9.88. The van der Waals surface area contributed by atoms with Crippen LogP contribution in [0.2, 0.25) is 0 Å². The van der Waals surface area contributed by atoms with E-state index in [9.17, 15) is 9.59 Å². The fourth-order valence-electron chi connectivity index (χ4n) is 2.18. The van der Waals surface area contributed by atoms with Gasteiger partial charge in [-0.3, -0.25) is 9.59 Å². The molecule has 1 aromatic rings. The van der Waals surface area contributed by atoms with E-state index in [4.69, 9.17) is 4.74 Å². The van der Waals surface area contributed by atoms with Gasteiger partial charge in [0.2, 0.25) is 5.91 Å². The molecular formula is C13H15NO4. The Kier molecular flexibility index (Phi) is 3.50. The Balaban J connectivity index is 2.25. The van der Waals surface area contributed by atoms with E-state index in [1.807, 2.05) is 24.3 Å². The van der Waals surface area contributed by atoms with Gasteiger partial charge in [-0.15, -0.1) is 0 Å². The highest BCUT2D eigenvalue weighted by Gasteiger charge is 2.41. The fraction of sp³-hybridized carbons (Fsp3) is 0.385. The van der Waals surface area contributed by atoms with E-state index in [0.717, 1.165) is 11.3 Å². The number of hydrogen-bond donors (Lipinski definition) is 1. The van der Waals surface area contributed by atoms with Crippen molar-refractivity contribution >= 4 is 11.9 Å². The number of benzene rings is 1. The molecule has 1 saturated heterocycles. The largest absolute Gasteiger partial charge is 0.497 e. The maximum atomic E-state index is 11.6. The molecule has 1 amide bonds. The van der Waals surface area contributed by atoms with Crippen molar-refractivity contribution in [2.45, 2.75) is 5.92 Å². The molecule has 0 aromatic heterocycles. The molecule has 5 heteroatoms. The Morgan fingerprint density at radius 3 is 2.50 bits per heavy atom. The van der Waals surface area contributed by atoms with Crippen molar-refractivity contribution < 1.29 is 19.1 Å². The molecule has 5 nitrogen and oxygen atoms in total. The zero-order valence-corrected chi connectivity index (χ0v) is 10.3. The van der Waals surface area contributed by atoms with Gasteiger partial charge in [-0.05, 0) is 17.7 Å². The van der Waals surface area contributed by atoms with E-state index in [0.29, 0.717) is 6.54 Å². The van der Waals surface area contributed by atoms with Gasteiger partial charge in [0.15, 0.2) is 0 Å². The molecule has 2 atom stereocenters. The normalized spacial score (nSPS) is 22.4. The molecule has 0 unspecified atom stereocenters. The van der Waals surface area contributed by atoms with Crippen LogP contribution in [0.4, 0.5) is 0 Å². The minimum absolute atomic E-state index is 0.184. The van der Waals surface area contributed by atoms with Crippen LogP contribution in [-0.4, -0.2) is 32.6 Å². The summed E-state index contributed by atoms with van der Waals surface area (Å²) in [5.41, 5.74) is 0.921. The summed E-state index contributed by atoms with van der Waals surface area (Å²) in [6.45, 7) is 0.449. The first kappa shape index (κ1) is 12.4. The summed E-state index contributed by atoms with van der Waals surface area (Å²) in [5, 5.41) is 2.69. The quantitative estimate of drug-likeness (QED) is 0.632. The second-order valence-corrected chi connectivity index (χ2v) is 4.13. The number of carbonyl (C=O) groups excluding carboxylic acids is 2. The zero-order valence-electron chi connectivity index (χ0n) is 10.3. The van der Waals surface area contributed by atoms with E-state index < -0.39 is 11.9 Å². The molecule has 1 aromatic carbocycles. The topological polar surface area (TPSA) is 64.6 Å². The SMILES string of the molecule is COC(=O)[C@H]1C(=O)NC[C@H]1c1ccc(OC)cc1. The average Bonchev–Trinajstić information content (AvgIpc) is 2.80. The van der Waals surface area contributed by atoms with Crippen LogP contribution >= 0.6 is 0 Å². The fourth-order valence-corrected chi connectivity index (χ4v) is 2.18. The highest BCUT2D eigenvalue weighted by atomic mass is 16.5. The number of rotatable bonds is 3. The Morgan fingerprint density at radius 1 is 1.28 bits per heavy atom. The lowest BCUT2D eigenvalue weighted by molar-refractivity contribution is -0.149. The number of amides is 1. The van der Waals surface area contributed by atoms with Crippen LogP contribution in [0.25, 0.3) is 0 Å². The highest BCUT2D eigenvalue weighted by Crippen LogP contribution is 2.30. The monoisotopic (exact) mass is 249 g/mol. The number of carbonyl (C=O) groups is 2. The number of methoxy groups -OCH3 is 2. The van der Waals surface area contributed by atoms with Gasteiger partial charge in [-0.2, -0.15) is 0 Å². The van der Waals surface area contributed by atoms with Gasteiger partial charge in [0.05, 0.1) is 14.2 Å². The van der Waals surface area contributed by atoms with Gasteiger partial charge < -0.3 is 14.8 Å². The zero-order chi connectivity index (χ0) is 13.1. The summed E-state index contributed by atoms with van der Waals surface area (Å²) in [6.07, 6.45) is 0. The van der Waals surface area contributed by atoms with Gasteiger partial charge in [0.25, 0.3) is 0 Å². The second-order valence-electron chi connectivity index (χ2n) is 4.13. The number of ether oxygens (including phenoxy) is 2. The first-order valence-electron chi connectivity index (χ1n) is 5.67. The van der Waals surface area contributed by atoms with Crippen molar-refractivity contribution in [3.63, 3.8) is 0 Å². The first-order chi connectivity index (χ1) is 8.67. The van der Waals surface area contributed by atoms with Gasteiger partial charge in [0.1, 0.15) is 11.7 Å². The minimum atomic E-state index is -0.761. The molecule has 0 aliphatic carbocycles. The average molecular weight is 249 g/mol. The summed E-state index contributed by atoms with van der Waals surface area (Å²) >= 11 is 0. The van der Waals surface area contributed by atoms with Crippen molar-refractivity contribution in [2.75, 3.05) is 20.8 Å². The van der Waals surface area contributed by atoms with Gasteiger partial charge in [0, 0.05) is 12.5 Å². The highest BCUT2D eigenvalue weighted by molar-refractivity contribution is 6.00. The molecule has 0 spiro atoms. The molecule has 1 fully saturated rings. The third-order valence-corrected chi connectivity index (χ3v) is 3.18. The van der Waals surface area contributed by atoms with E-state index in [1.54, 1.807) is 7.11 Å². The summed E-state index contributed by atoms with van der Waals surface area (Å²) < 4.78 is 9.75. The number of hydrogen-bond acceptors (Lipinski definition) is 4. The molecule has 18 heavy (non-hydrogen) atoms.